The third-order valence-electron chi connectivity index (χ3n) is 4.82. The van der Waals surface area contributed by atoms with Gasteiger partial charge in [-0.1, -0.05) is 30.7 Å². The Balaban J connectivity index is 1.74. The van der Waals surface area contributed by atoms with Crippen LogP contribution < -0.4 is 0 Å². The summed E-state index contributed by atoms with van der Waals surface area (Å²) in [5.41, 5.74) is 2.49. The second kappa shape index (κ2) is 6.78. The van der Waals surface area contributed by atoms with Crippen molar-refractivity contribution in [3.63, 3.8) is 0 Å². The van der Waals surface area contributed by atoms with Crippen LogP contribution in [0.2, 0.25) is 0 Å². The second-order valence-corrected chi connectivity index (χ2v) is 6.26. The summed E-state index contributed by atoms with van der Waals surface area (Å²) in [4.78, 5) is 20.7. The Morgan fingerprint density at radius 1 is 0.708 bits per heavy atom. The standard InChI is InChI=1S/C18H18N2O4/c21-19(22)17-8-4-13(5-9-17)15-2-1-3-16(12-15)14-6-10-18(11-7-14)20(23)24/h4-11,15-16H,1-3,12H2. The van der Waals surface area contributed by atoms with Crippen molar-refractivity contribution in [3.05, 3.63) is 79.9 Å². The van der Waals surface area contributed by atoms with Crippen LogP contribution in [0.3, 0.4) is 0 Å². The summed E-state index contributed by atoms with van der Waals surface area (Å²) in [7, 11) is 0. The van der Waals surface area contributed by atoms with Crippen molar-refractivity contribution in [1.29, 1.82) is 0 Å². The van der Waals surface area contributed by atoms with Crippen molar-refractivity contribution < 1.29 is 9.85 Å². The van der Waals surface area contributed by atoms with Crippen LogP contribution in [-0.4, -0.2) is 9.85 Å². The van der Waals surface area contributed by atoms with Gasteiger partial charge in [0.1, 0.15) is 0 Å². The van der Waals surface area contributed by atoms with E-state index in [1.54, 1.807) is 24.3 Å². The molecule has 0 saturated heterocycles. The molecule has 0 aliphatic heterocycles. The lowest BCUT2D eigenvalue weighted by molar-refractivity contribution is -0.385. The van der Waals surface area contributed by atoms with Gasteiger partial charge in [0.25, 0.3) is 11.4 Å². The van der Waals surface area contributed by atoms with Crippen molar-refractivity contribution in [3.8, 4) is 0 Å². The predicted octanol–water partition coefficient (Wildman–Crippen LogP) is 4.94. The van der Waals surface area contributed by atoms with Crippen LogP contribution in [0.5, 0.6) is 0 Å². The Labute approximate surface area is 139 Å². The minimum Gasteiger partial charge on any atom is -0.258 e. The first-order valence-corrected chi connectivity index (χ1v) is 8.03. The molecule has 1 aliphatic rings. The van der Waals surface area contributed by atoms with E-state index in [4.69, 9.17) is 0 Å². The minimum atomic E-state index is -0.385. The molecule has 0 aromatic heterocycles. The van der Waals surface area contributed by atoms with E-state index in [0.29, 0.717) is 11.8 Å². The molecule has 2 atom stereocenters. The quantitative estimate of drug-likeness (QED) is 0.588. The molecule has 0 bridgehead atoms. The normalized spacial score (nSPS) is 20.5. The molecule has 6 nitrogen and oxygen atoms in total. The molecule has 0 heterocycles. The van der Waals surface area contributed by atoms with E-state index in [9.17, 15) is 20.2 Å². The van der Waals surface area contributed by atoms with Crippen molar-refractivity contribution >= 4 is 11.4 Å². The molecule has 6 heteroatoms. The lowest BCUT2D eigenvalue weighted by Gasteiger charge is -2.29. The van der Waals surface area contributed by atoms with E-state index >= 15 is 0 Å². The Bertz CT molecular complexity index is 677. The molecule has 0 N–H and O–H groups in total. The molecule has 0 radical (unpaired) electrons. The fourth-order valence-corrected chi connectivity index (χ4v) is 3.53. The smallest absolute Gasteiger partial charge is 0.258 e. The van der Waals surface area contributed by atoms with Crippen LogP contribution in [0.1, 0.15) is 48.6 Å². The number of nitrogens with zero attached hydrogens (tertiary/aromatic N) is 2. The van der Waals surface area contributed by atoms with Gasteiger partial charge < -0.3 is 0 Å². The van der Waals surface area contributed by atoms with Crippen LogP contribution in [0, 0.1) is 20.2 Å². The van der Waals surface area contributed by atoms with E-state index in [1.165, 1.54) is 0 Å². The van der Waals surface area contributed by atoms with Crippen molar-refractivity contribution in [2.24, 2.45) is 0 Å². The molecule has 0 spiro atoms. The van der Waals surface area contributed by atoms with Gasteiger partial charge in [0, 0.05) is 24.3 Å². The van der Waals surface area contributed by atoms with Gasteiger partial charge >= 0.3 is 0 Å². The SMILES string of the molecule is O=[N+]([O-])c1ccc(C2CCCC(c3ccc([N+](=O)[O-])cc3)C2)cc1. The minimum absolute atomic E-state index is 0.112. The first kappa shape index (κ1) is 16.1. The van der Waals surface area contributed by atoms with E-state index < -0.39 is 0 Å². The lowest BCUT2D eigenvalue weighted by atomic mass is 9.75. The molecule has 1 saturated carbocycles. The van der Waals surface area contributed by atoms with Gasteiger partial charge in [-0.15, -0.1) is 0 Å². The zero-order valence-electron chi connectivity index (χ0n) is 13.1. The first-order valence-electron chi connectivity index (χ1n) is 8.03. The van der Waals surface area contributed by atoms with Crippen molar-refractivity contribution in [2.45, 2.75) is 37.5 Å². The molecule has 3 rings (SSSR count). The fraction of sp³-hybridized carbons (Fsp3) is 0.333. The van der Waals surface area contributed by atoms with E-state index in [2.05, 4.69) is 0 Å². The van der Waals surface area contributed by atoms with E-state index in [0.717, 1.165) is 36.8 Å². The number of nitro benzene ring substituents is 2. The summed E-state index contributed by atoms with van der Waals surface area (Å²) < 4.78 is 0. The maximum atomic E-state index is 10.8. The molecule has 1 aliphatic carbocycles. The highest BCUT2D eigenvalue weighted by Gasteiger charge is 2.25. The molecule has 0 amide bonds. The molecule has 124 valence electrons. The Hall–Kier alpha value is -2.76. The van der Waals surface area contributed by atoms with E-state index in [-0.39, 0.29) is 21.2 Å². The monoisotopic (exact) mass is 326 g/mol. The molecular formula is C18H18N2O4. The first-order chi connectivity index (χ1) is 11.5. The second-order valence-electron chi connectivity index (χ2n) is 6.26. The zero-order chi connectivity index (χ0) is 17.1. The molecule has 1 fully saturated rings. The number of rotatable bonds is 4. The van der Waals surface area contributed by atoms with Gasteiger partial charge in [-0.25, -0.2) is 0 Å². The number of hydrogen-bond acceptors (Lipinski definition) is 4. The Morgan fingerprint density at radius 2 is 1.08 bits per heavy atom. The van der Waals surface area contributed by atoms with E-state index in [1.807, 2.05) is 24.3 Å². The van der Waals surface area contributed by atoms with Crippen LogP contribution in [0.15, 0.2) is 48.5 Å². The molecule has 2 unspecified atom stereocenters. The number of hydrogen-bond donors (Lipinski definition) is 0. The van der Waals surface area contributed by atoms with Gasteiger partial charge in [-0.2, -0.15) is 0 Å². The summed E-state index contributed by atoms with van der Waals surface area (Å²) in [5, 5.41) is 21.5. The molecule has 24 heavy (non-hydrogen) atoms. The van der Waals surface area contributed by atoms with Crippen molar-refractivity contribution in [1.82, 2.24) is 0 Å². The van der Waals surface area contributed by atoms with Gasteiger partial charge in [-0.05, 0) is 42.2 Å². The summed E-state index contributed by atoms with van der Waals surface area (Å²) >= 11 is 0. The maximum absolute atomic E-state index is 10.8. The number of non-ortho nitro benzene ring substituents is 2. The van der Waals surface area contributed by atoms with Gasteiger partial charge in [0.05, 0.1) is 9.85 Å². The molecule has 2 aromatic rings. The molecule has 2 aromatic carbocycles. The largest absolute Gasteiger partial charge is 0.269 e. The van der Waals surface area contributed by atoms with Gasteiger partial charge in [-0.3, -0.25) is 20.2 Å². The highest BCUT2D eigenvalue weighted by Crippen LogP contribution is 2.41. The number of benzene rings is 2. The number of nitro groups is 2. The maximum Gasteiger partial charge on any atom is 0.269 e. The summed E-state index contributed by atoms with van der Waals surface area (Å²) in [6.45, 7) is 0. The average Bonchev–Trinajstić information content (AvgIpc) is 2.62. The zero-order valence-corrected chi connectivity index (χ0v) is 13.1. The summed E-state index contributed by atoms with van der Waals surface area (Å²) in [6, 6.07) is 13.6. The Kier molecular flexibility index (Phi) is 4.55. The summed E-state index contributed by atoms with van der Waals surface area (Å²) in [6.07, 6.45) is 4.20. The fourth-order valence-electron chi connectivity index (χ4n) is 3.53. The van der Waals surface area contributed by atoms with Crippen molar-refractivity contribution in [2.75, 3.05) is 0 Å². The van der Waals surface area contributed by atoms with Gasteiger partial charge in [0.15, 0.2) is 0 Å². The van der Waals surface area contributed by atoms with Crippen LogP contribution in [0.4, 0.5) is 11.4 Å². The van der Waals surface area contributed by atoms with Crippen LogP contribution in [0.25, 0.3) is 0 Å². The third kappa shape index (κ3) is 3.42. The molecular weight excluding hydrogens is 308 g/mol. The summed E-state index contributed by atoms with van der Waals surface area (Å²) in [5.74, 6) is 0.750. The van der Waals surface area contributed by atoms with Crippen LogP contribution in [-0.2, 0) is 0 Å². The predicted molar refractivity (Wildman–Crippen MR) is 90.1 cm³/mol. The topological polar surface area (TPSA) is 86.3 Å². The van der Waals surface area contributed by atoms with Gasteiger partial charge in [0.2, 0.25) is 0 Å². The van der Waals surface area contributed by atoms with Crippen LogP contribution >= 0.6 is 0 Å². The highest BCUT2D eigenvalue weighted by molar-refractivity contribution is 5.37. The lowest BCUT2D eigenvalue weighted by Crippen LogP contribution is -2.13. The third-order valence-corrected chi connectivity index (χ3v) is 4.82. The highest BCUT2D eigenvalue weighted by atomic mass is 16.6. The average molecular weight is 326 g/mol. The Morgan fingerprint density at radius 3 is 1.42 bits per heavy atom.